The highest BCUT2D eigenvalue weighted by molar-refractivity contribution is 7.88. The fraction of sp³-hybridized carbons (Fsp3) is 0.526. The first kappa shape index (κ1) is 19.8. The summed E-state index contributed by atoms with van der Waals surface area (Å²) >= 11 is 0. The van der Waals surface area contributed by atoms with Crippen LogP contribution in [0.5, 0.6) is 0 Å². The Morgan fingerprint density at radius 1 is 1.03 bits per heavy atom. The predicted molar refractivity (Wildman–Crippen MR) is 104 cm³/mol. The molecule has 0 bridgehead atoms. The number of hydrogen-bond acceptors (Lipinski definition) is 5. The highest BCUT2D eigenvalue weighted by Gasteiger charge is 2.55. The van der Waals surface area contributed by atoms with Crippen molar-refractivity contribution in [1.29, 1.82) is 0 Å². The van der Waals surface area contributed by atoms with E-state index in [4.69, 9.17) is 0 Å². The molecule has 0 unspecified atom stereocenters. The number of benzene rings is 1. The van der Waals surface area contributed by atoms with E-state index < -0.39 is 21.6 Å². The number of imide groups is 1. The van der Waals surface area contributed by atoms with E-state index in [-0.39, 0.29) is 50.3 Å². The summed E-state index contributed by atoms with van der Waals surface area (Å²) in [6, 6.07) is 8.44. The van der Waals surface area contributed by atoms with Crippen LogP contribution in [0.4, 0.5) is 4.79 Å². The zero-order valence-electron chi connectivity index (χ0n) is 16.0. The van der Waals surface area contributed by atoms with Gasteiger partial charge in [0.15, 0.2) is 0 Å². The van der Waals surface area contributed by atoms with Gasteiger partial charge in [0, 0.05) is 26.2 Å². The minimum Gasteiger partial charge on any atom is -0.338 e. The Hall–Kier alpha value is -2.46. The van der Waals surface area contributed by atoms with Crippen molar-refractivity contribution in [2.75, 3.05) is 32.7 Å². The molecule has 1 aromatic carbocycles. The average molecular weight is 420 g/mol. The van der Waals surface area contributed by atoms with Gasteiger partial charge < -0.3 is 10.2 Å². The lowest BCUT2D eigenvalue weighted by atomic mass is 9.77. The smallest absolute Gasteiger partial charge is 0.325 e. The number of amides is 4. The van der Waals surface area contributed by atoms with Gasteiger partial charge in [0.25, 0.3) is 5.91 Å². The third kappa shape index (κ3) is 3.74. The van der Waals surface area contributed by atoms with E-state index in [1.807, 2.05) is 6.07 Å². The first-order valence-corrected chi connectivity index (χ1v) is 11.4. The van der Waals surface area contributed by atoms with Crippen molar-refractivity contribution in [3.63, 3.8) is 0 Å². The van der Waals surface area contributed by atoms with Crippen LogP contribution in [-0.4, -0.2) is 78.6 Å². The van der Waals surface area contributed by atoms with Gasteiger partial charge in [0.1, 0.15) is 12.1 Å². The zero-order valence-corrected chi connectivity index (χ0v) is 16.9. The Kier molecular flexibility index (Phi) is 5.07. The molecule has 2 aliphatic heterocycles. The number of sulfonamides is 1. The lowest BCUT2D eigenvalue weighted by Crippen LogP contribution is -2.54. The van der Waals surface area contributed by atoms with Gasteiger partial charge in [-0.1, -0.05) is 30.3 Å². The van der Waals surface area contributed by atoms with Gasteiger partial charge in [-0.05, 0) is 24.8 Å². The van der Waals surface area contributed by atoms with Crippen LogP contribution in [0, 0.1) is 0 Å². The molecule has 1 aromatic rings. The van der Waals surface area contributed by atoms with E-state index in [1.165, 1.54) is 9.21 Å². The second-order valence-corrected chi connectivity index (χ2v) is 9.75. The van der Waals surface area contributed by atoms with Crippen LogP contribution in [-0.2, 0) is 25.4 Å². The molecule has 0 aromatic heterocycles. The molecule has 1 spiro atoms. The van der Waals surface area contributed by atoms with Crippen LogP contribution in [0.15, 0.2) is 30.3 Å². The molecular weight excluding hydrogens is 396 g/mol. The van der Waals surface area contributed by atoms with Crippen molar-refractivity contribution >= 4 is 27.9 Å². The Balaban J connectivity index is 1.32. The van der Waals surface area contributed by atoms with Gasteiger partial charge in [0.2, 0.25) is 15.9 Å². The van der Waals surface area contributed by atoms with Crippen molar-refractivity contribution in [3.8, 4) is 0 Å². The maximum absolute atomic E-state index is 12.6. The van der Waals surface area contributed by atoms with Crippen LogP contribution in [0.25, 0.3) is 0 Å². The molecule has 156 valence electrons. The summed E-state index contributed by atoms with van der Waals surface area (Å²) in [4.78, 5) is 39.7. The Morgan fingerprint density at radius 2 is 1.69 bits per heavy atom. The summed E-state index contributed by atoms with van der Waals surface area (Å²) in [6.45, 7) is 0.572. The van der Waals surface area contributed by atoms with E-state index in [9.17, 15) is 22.8 Å². The third-order valence-corrected chi connectivity index (χ3v) is 7.77. The standard InChI is InChI=1S/C19H24N4O5S/c24-16(13-23-17(25)19(7-4-8-19)20-18(23)26)21-9-11-22(12-10-21)29(27,28)14-15-5-2-1-3-6-15/h1-3,5-6H,4,7-14H2,(H,20,26). The molecule has 1 saturated carbocycles. The van der Waals surface area contributed by atoms with Crippen LogP contribution < -0.4 is 5.32 Å². The maximum atomic E-state index is 12.6. The third-order valence-electron chi connectivity index (χ3n) is 5.92. The Morgan fingerprint density at radius 3 is 2.24 bits per heavy atom. The van der Waals surface area contributed by atoms with E-state index >= 15 is 0 Å². The summed E-state index contributed by atoms with van der Waals surface area (Å²) in [7, 11) is -3.47. The van der Waals surface area contributed by atoms with Crippen LogP contribution in [0.2, 0.25) is 0 Å². The van der Waals surface area contributed by atoms with E-state index in [1.54, 1.807) is 24.3 Å². The van der Waals surface area contributed by atoms with Crippen LogP contribution in [0.1, 0.15) is 24.8 Å². The normalized spacial score (nSPS) is 21.9. The number of carbonyl (C=O) groups excluding carboxylic acids is 3. The van der Waals surface area contributed by atoms with Crippen molar-refractivity contribution in [2.24, 2.45) is 0 Å². The van der Waals surface area contributed by atoms with Crippen molar-refractivity contribution in [1.82, 2.24) is 19.4 Å². The molecule has 1 N–H and O–H groups in total. The van der Waals surface area contributed by atoms with E-state index in [2.05, 4.69) is 5.32 Å². The molecule has 9 nitrogen and oxygen atoms in total. The van der Waals surface area contributed by atoms with Gasteiger partial charge in [-0.15, -0.1) is 0 Å². The molecule has 10 heteroatoms. The summed E-state index contributed by atoms with van der Waals surface area (Å²) in [6.07, 6.45) is 2.10. The van der Waals surface area contributed by atoms with Crippen molar-refractivity contribution in [3.05, 3.63) is 35.9 Å². The van der Waals surface area contributed by atoms with Crippen molar-refractivity contribution in [2.45, 2.75) is 30.6 Å². The Bertz CT molecular complexity index is 921. The van der Waals surface area contributed by atoms with Crippen molar-refractivity contribution < 1.29 is 22.8 Å². The second kappa shape index (κ2) is 7.42. The number of urea groups is 1. The number of hydrogen-bond donors (Lipinski definition) is 1. The Labute approximate surface area is 169 Å². The lowest BCUT2D eigenvalue weighted by Gasteiger charge is -2.36. The fourth-order valence-corrected chi connectivity index (χ4v) is 5.53. The number of rotatable bonds is 5. The molecule has 4 amide bonds. The summed E-state index contributed by atoms with van der Waals surface area (Å²) in [5.41, 5.74) is -0.0869. The van der Waals surface area contributed by atoms with Gasteiger partial charge in [-0.2, -0.15) is 4.31 Å². The molecule has 2 saturated heterocycles. The molecule has 0 atom stereocenters. The van der Waals surface area contributed by atoms with Crippen LogP contribution in [0.3, 0.4) is 0 Å². The first-order chi connectivity index (χ1) is 13.8. The monoisotopic (exact) mass is 420 g/mol. The highest BCUT2D eigenvalue weighted by atomic mass is 32.2. The first-order valence-electron chi connectivity index (χ1n) is 9.74. The maximum Gasteiger partial charge on any atom is 0.325 e. The summed E-state index contributed by atoms with van der Waals surface area (Å²) < 4.78 is 26.6. The summed E-state index contributed by atoms with van der Waals surface area (Å²) in [5.74, 6) is -0.747. The molecule has 0 radical (unpaired) electrons. The van der Waals surface area contributed by atoms with Gasteiger partial charge in [-0.25, -0.2) is 13.2 Å². The van der Waals surface area contributed by atoms with Crippen LogP contribution >= 0.6 is 0 Å². The minimum atomic E-state index is -3.47. The predicted octanol–water partition coefficient (Wildman–Crippen LogP) is 0.135. The SMILES string of the molecule is O=C(CN1C(=O)NC2(CCC2)C1=O)N1CCN(S(=O)(=O)Cc2ccccc2)CC1. The summed E-state index contributed by atoms with van der Waals surface area (Å²) in [5, 5.41) is 2.70. The fourth-order valence-electron chi connectivity index (χ4n) is 4.02. The molecule has 1 aliphatic carbocycles. The molecule has 29 heavy (non-hydrogen) atoms. The van der Waals surface area contributed by atoms with Gasteiger partial charge in [0.05, 0.1) is 5.75 Å². The molecule has 4 rings (SSSR count). The van der Waals surface area contributed by atoms with E-state index in [0.717, 1.165) is 16.9 Å². The molecule has 3 fully saturated rings. The number of nitrogens with zero attached hydrogens (tertiary/aromatic N) is 3. The molecule has 3 aliphatic rings. The van der Waals surface area contributed by atoms with E-state index in [0.29, 0.717) is 12.8 Å². The topological polar surface area (TPSA) is 107 Å². The largest absolute Gasteiger partial charge is 0.338 e. The number of piperazine rings is 1. The molecule has 2 heterocycles. The van der Waals surface area contributed by atoms with Gasteiger partial charge in [-0.3, -0.25) is 14.5 Å². The minimum absolute atomic E-state index is 0.0771. The van der Waals surface area contributed by atoms with Gasteiger partial charge >= 0.3 is 6.03 Å². The zero-order chi connectivity index (χ0) is 20.6. The number of carbonyl (C=O) groups is 3. The second-order valence-electron chi connectivity index (χ2n) is 7.78. The highest BCUT2D eigenvalue weighted by Crippen LogP contribution is 2.37. The number of nitrogens with one attached hydrogen (secondary N) is 1. The quantitative estimate of drug-likeness (QED) is 0.682. The lowest BCUT2D eigenvalue weighted by molar-refractivity contribution is -0.141. The average Bonchev–Trinajstić information content (AvgIpc) is 2.93. The molecular formula is C19H24N4O5S.